The molecule has 0 unspecified atom stereocenters. The Morgan fingerprint density at radius 3 is 2.60 bits per heavy atom. The molecule has 0 aliphatic rings. The average molecular weight is 222 g/mol. The van der Waals surface area contributed by atoms with Crippen molar-refractivity contribution < 1.29 is 0 Å². The molecule has 1 aromatic carbocycles. The van der Waals surface area contributed by atoms with Crippen LogP contribution in [0.3, 0.4) is 0 Å². The number of para-hydroxylation sites is 1. The van der Waals surface area contributed by atoms with E-state index in [1.54, 1.807) is 0 Å². The molecule has 2 aromatic rings. The molecule has 0 fully saturated rings. The number of nitrogens with zero attached hydrogens (tertiary/aromatic N) is 3. The summed E-state index contributed by atoms with van der Waals surface area (Å²) in [6.45, 7) is 3.82. The summed E-state index contributed by atoms with van der Waals surface area (Å²) in [6.07, 6.45) is 0. The Balaban J connectivity index is 2.58. The summed E-state index contributed by atoms with van der Waals surface area (Å²) in [5.41, 5.74) is 2.07. The summed E-state index contributed by atoms with van der Waals surface area (Å²) >= 11 is 5.88. The van der Waals surface area contributed by atoms with Crippen molar-refractivity contribution in [3.05, 3.63) is 41.5 Å². The van der Waals surface area contributed by atoms with Gasteiger partial charge in [-0.3, -0.25) is 0 Å². The van der Waals surface area contributed by atoms with Crippen molar-refractivity contribution in [2.24, 2.45) is 0 Å². The van der Waals surface area contributed by atoms with E-state index in [1.165, 1.54) is 0 Å². The molecule has 0 radical (unpaired) electrons. The third-order valence-electron chi connectivity index (χ3n) is 2.24. The predicted octanol–water partition coefficient (Wildman–Crippen LogP) is 2.62. The smallest absolute Gasteiger partial charge is 0.148 e. The van der Waals surface area contributed by atoms with Crippen LogP contribution in [0.25, 0.3) is 5.69 Å². The van der Waals surface area contributed by atoms with E-state index in [1.807, 2.05) is 42.8 Å². The van der Waals surface area contributed by atoms with Gasteiger partial charge in [0.2, 0.25) is 0 Å². The second-order valence-electron chi connectivity index (χ2n) is 3.38. The van der Waals surface area contributed by atoms with Gasteiger partial charge in [-0.2, -0.15) is 5.10 Å². The third kappa shape index (κ3) is 1.88. The van der Waals surface area contributed by atoms with Gasteiger partial charge in [0.15, 0.2) is 0 Å². The largest absolute Gasteiger partial charge is 0.218 e. The van der Waals surface area contributed by atoms with Gasteiger partial charge < -0.3 is 0 Å². The van der Waals surface area contributed by atoms with Gasteiger partial charge in [-0.15, -0.1) is 11.6 Å². The van der Waals surface area contributed by atoms with Crippen LogP contribution in [0.15, 0.2) is 24.3 Å². The molecule has 2 rings (SSSR count). The maximum Gasteiger partial charge on any atom is 0.148 e. The highest BCUT2D eigenvalue weighted by Crippen LogP contribution is 2.16. The van der Waals surface area contributed by atoms with Crippen molar-refractivity contribution in [3.63, 3.8) is 0 Å². The number of rotatable bonds is 2. The van der Waals surface area contributed by atoms with E-state index in [-0.39, 0.29) is 0 Å². The Morgan fingerprint density at radius 1 is 1.27 bits per heavy atom. The molecule has 3 nitrogen and oxygen atoms in total. The number of aryl methyl sites for hydroxylation is 2. The van der Waals surface area contributed by atoms with Crippen LogP contribution in [0.5, 0.6) is 0 Å². The van der Waals surface area contributed by atoms with Crippen molar-refractivity contribution in [3.8, 4) is 5.69 Å². The molecule has 4 heteroatoms. The number of benzene rings is 1. The fourth-order valence-corrected chi connectivity index (χ4v) is 1.81. The quantitative estimate of drug-likeness (QED) is 0.730. The summed E-state index contributed by atoms with van der Waals surface area (Å²) in [7, 11) is 0. The first-order valence-electron chi connectivity index (χ1n) is 4.77. The van der Waals surface area contributed by atoms with Crippen molar-refractivity contribution in [2.75, 3.05) is 0 Å². The number of halogens is 1. The van der Waals surface area contributed by atoms with Gasteiger partial charge in [-0.05, 0) is 25.5 Å². The van der Waals surface area contributed by atoms with Crippen LogP contribution in [-0.4, -0.2) is 14.8 Å². The standard InChI is InChI=1S/C11H12ClN3/c1-8-13-9(2)15(14-8)11-6-4-3-5-10(11)7-12/h3-6H,7H2,1-2H3. The maximum atomic E-state index is 5.88. The number of aromatic nitrogens is 3. The van der Waals surface area contributed by atoms with E-state index >= 15 is 0 Å². The molecule has 1 aromatic heterocycles. The van der Waals surface area contributed by atoms with E-state index in [0.29, 0.717) is 5.88 Å². The monoisotopic (exact) mass is 221 g/mol. The molecule has 0 spiro atoms. The van der Waals surface area contributed by atoms with Crippen LogP contribution in [0.2, 0.25) is 0 Å². The lowest BCUT2D eigenvalue weighted by Crippen LogP contribution is -2.02. The Kier molecular flexibility index (Phi) is 2.73. The second-order valence-corrected chi connectivity index (χ2v) is 3.65. The molecule has 0 N–H and O–H groups in total. The molecular formula is C11H12ClN3. The van der Waals surface area contributed by atoms with Gasteiger partial charge >= 0.3 is 0 Å². The minimum Gasteiger partial charge on any atom is -0.218 e. The highest BCUT2D eigenvalue weighted by atomic mass is 35.5. The number of hydrogen-bond donors (Lipinski definition) is 0. The molecule has 1 heterocycles. The summed E-state index contributed by atoms with van der Waals surface area (Å²) in [4.78, 5) is 4.27. The van der Waals surface area contributed by atoms with Crippen molar-refractivity contribution in [1.29, 1.82) is 0 Å². The summed E-state index contributed by atoms with van der Waals surface area (Å²) < 4.78 is 1.83. The minimum absolute atomic E-state index is 0.481. The molecule has 0 bridgehead atoms. The molecular weight excluding hydrogens is 210 g/mol. The molecule has 0 aliphatic heterocycles. The van der Waals surface area contributed by atoms with Gasteiger partial charge in [0.05, 0.1) is 5.69 Å². The molecule has 0 saturated heterocycles. The van der Waals surface area contributed by atoms with Crippen LogP contribution in [0.1, 0.15) is 17.2 Å². The Morgan fingerprint density at radius 2 is 2.00 bits per heavy atom. The van der Waals surface area contributed by atoms with Crippen LogP contribution in [0.4, 0.5) is 0 Å². The molecule has 0 aliphatic carbocycles. The Bertz CT molecular complexity index is 476. The lowest BCUT2D eigenvalue weighted by atomic mass is 10.2. The van der Waals surface area contributed by atoms with Gasteiger partial charge in [0.25, 0.3) is 0 Å². The van der Waals surface area contributed by atoms with Crippen molar-refractivity contribution in [1.82, 2.24) is 14.8 Å². The Hall–Kier alpha value is -1.35. The van der Waals surface area contributed by atoms with Gasteiger partial charge in [0.1, 0.15) is 11.6 Å². The first kappa shape index (κ1) is 10.2. The molecule has 78 valence electrons. The topological polar surface area (TPSA) is 30.7 Å². The normalized spacial score (nSPS) is 10.6. The predicted molar refractivity (Wildman–Crippen MR) is 60.4 cm³/mol. The zero-order chi connectivity index (χ0) is 10.8. The molecule has 0 amide bonds. The van der Waals surface area contributed by atoms with Gasteiger partial charge in [-0.25, -0.2) is 9.67 Å². The minimum atomic E-state index is 0.481. The number of alkyl halides is 1. The van der Waals surface area contributed by atoms with E-state index in [2.05, 4.69) is 10.1 Å². The van der Waals surface area contributed by atoms with Gasteiger partial charge in [0, 0.05) is 5.88 Å². The van der Waals surface area contributed by atoms with Crippen molar-refractivity contribution in [2.45, 2.75) is 19.7 Å². The molecule has 0 atom stereocenters. The van der Waals surface area contributed by atoms with Crippen LogP contribution >= 0.6 is 11.6 Å². The fraction of sp³-hybridized carbons (Fsp3) is 0.273. The van der Waals surface area contributed by atoms with Crippen LogP contribution in [0, 0.1) is 13.8 Å². The maximum absolute atomic E-state index is 5.88. The zero-order valence-corrected chi connectivity index (χ0v) is 9.49. The van der Waals surface area contributed by atoms with Crippen molar-refractivity contribution >= 4 is 11.6 Å². The first-order chi connectivity index (χ1) is 7.22. The van der Waals surface area contributed by atoms with Gasteiger partial charge in [-0.1, -0.05) is 18.2 Å². The summed E-state index contributed by atoms with van der Waals surface area (Å²) in [5.74, 6) is 2.14. The SMILES string of the molecule is Cc1nc(C)n(-c2ccccc2CCl)n1. The zero-order valence-electron chi connectivity index (χ0n) is 8.74. The average Bonchev–Trinajstić information content (AvgIpc) is 2.57. The second kappa shape index (κ2) is 4.03. The highest BCUT2D eigenvalue weighted by Gasteiger charge is 2.08. The van der Waals surface area contributed by atoms with E-state index in [4.69, 9.17) is 11.6 Å². The van der Waals surface area contributed by atoms with Crippen LogP contribution < -0.4 is 0 Å². The Labute approximate surface area is 93.7 Å². The van der Waals surface area contributed by atoms with E-state index < -0.39 is 0 Å². The molecule has 15 heavy (non-hydrogen) atoms. The molecule has 0 saturated carbocycles. The number of hydrogen-bond acceptors (Lipinski definition) is 2. The summed E-state index contributed by atoms with van der Waals surface area (Å²) in [6, 6.07) is 7.94. The van der Waals surface area contributed by atoms with Crippen LogP contribution in [-0.2, 0) is 5.88 Å². The fourth-order valence-electron chi connectivity index (χ4n) is 1.58. The lowest BCUT2D eigenvalue weighted by Gasteiger charge is -2.07. The highest BCUT2D eigenvalue weighted by molar-refractivity contribution is 6.17. The lowest BCUT2D eigenvalue weighted by molar-refractivity contribution is 0.824. The van der Waals surface area contributed by atoms with E-state index in [0.717, 1.165) is 22.9 Å². The van der Waals surface area contributed by atoms with E-state index in [9.17, 15) is 0 Å². The third-order valence-corrected chi connectivity index (χ3v) is 2.53. The summed E-state index contributed by atoms with van der Waals surface area (Å²) in [5, 5.41) is 4.34. The first-order valence-corrected chi connectivity index (χ1v) is 5.30.